The fourth-order valence-corrected chi connectivity index (χ4v) is 0.741. The van der Waals surface area contributed by atoms with Crippen LogP contribution in [0.1, 0.15) is 13.8 Å². The van der Waals surface area contributed by atoms with E-state index >= 15 is 0 Å². The Labute approximate surface area is 159 Å². The Morgan fingerprint density at radius 1 is 1.00 bits per heavy atom. The molecule has 0 aliphatic rings. The number of thiocarbonyl (C=S) groups is 2. The van der Waals surface area contributed by atoms with Gasteiger partial charge in [-0.1, -0.05) is 25.3 Å². The van der Waals surface area contributed by atoms with Crippen LogP contribution in [0.25, 0.3) is 0 Å². The topological polar surface area (TPSA) is 35.5 Å². The summed E-state index contributed by atoms with van der Waals surface area (Å²) in [5.74, 6) is 0. The molecular formula is C7H18O3Pb2S4. The van der Waals surface area contributed by atoms with Crippen molar-refractivity contribution < 1.29 is 14.3 Å². The molecule has 0 heterocycles. The number of rotatable bonds is 2. The monoisotopic (exact) mass is 694 g/mol. The van der Waals surface area contributed by atoms with Crippen molar-refractivity contribution >= 4 is 120 Å². The molecule has 0 aliphatic carbocycles. The van der Waals surface area contributed by atoms with Gasteiger partial charge in [-0.15, -0.1) is 0 Å². The molecule has 0 unspecified atom stereocenters. The Morgan fingerprint density at radius 2 is 1.19 bits per heavy atom. The summed E-state index contributed by atoms with van der Waals surface area (Å²) in [7, 11) is 0. The number of hydrogen-bond donors (Lipinski definition) is 2. The number of ether oxygens (including phenoxy) is 2. The van der Waals surface area contributed by atoms with E-state index in [1.165, 1.54) is 0 Å². The zero-order chi connectivity index (χ0) is 12.0. The molecule has 96 valence electrons. The van der Waals surface area contributed by atoms with E-state index in [1.54, 1.807) is 0 Å². The van der Waals surface area contributed by atoms with Crippen molar-refractivity contribution in [3.05, 3.63) is 0 Å². The number of hydrogen-bond acceptors (Lipinski definition) is 5. The fraction of sp³-hybridized carbons (Fsp3) is 0.571. The molecule has 0 aromatic carbocycles. The number of thiol groups is 2. The molecule has 0 bridgehead atoms. The first-order valence-electron chi connectivity index (χ1n) is 3.54. The summed E-state index contributed by atoms with van der Waals surface area (Å²) in [5.41, 5.74) is 0. The molecule has 0 amide bonds. The van der Waals surface area contributed by atoms with E-state index in [2.05, 4.69) is 59.2 Å². The van der Waals surface area contributed by atoms with E-state index < -0.39 is 0 Å². The van der Waals surface area contributed by atoms with Gasteiger partial charge in [0, 0.05) is 0 Å². The van der Waals surface area contributed by atoms with Gasteiger partial charge < -0.3 is 14.3 Å². The Balaban J connectivity index is -0.0000000393. The van der Waals surface area contributed by atoms with Gasteiger partial charge in [-0.05, 0) is 38.3 Å². The van der Waals surface area contributed by atoms with Crippen LogP contribution in [0.3, 0.4) is 0 Å². The van der Waals surface area contributed by atoms with Gasteiger partial charge in [0.15, 0.2) is 0 Å². The molecule has 16 heavy (non-hydrogen) atoms. The van der Waals surface area contributed by atoms with E-state index in [1.807, 2.05) is 20.6 Å². The van der Waals surface area contributed by atoms with Gasteiger partial charge in [0.25, 0.3) is 0 Å². The predicted molar refractivity (Wildman–Crippen MR) is 90.6 cm³/mol. The quantitative estimate of drug-likeness (QED) is 0.250. The summed E-state index contributed by atoms with van der Waals surface area (Å²) in [6.45, 7) is 6.95. The van der Waals surface area contributed by atoms with Crippen LogP contribution in [0.4, 0.5) is 0 Å². The van der Waals surface area contributed by atoms with E-state index in [-0.39, 0.29) is 54.6 Å². The van der Waals surface area contributed by atoms with Gasteiger partial charge in [-0.25, -0.2) is 0 Å². The second-order valence-electron chi connectivity index (χ2n) is 1.40. The van der Waals surface area contributed by atoms with Crippen LogP contribution in [0.15, 0.2) is 0 Å². The van der Waals surface area contributed by atoms with Gasteiger partial charge in [-0.3, -0.25) is 0 Å². The van der Waals surface area contributed by atoms with E-state index in [0.29, 0.717) is 22.0 Å². The zero-order valence-corrected chi connectivity index (χ0v) is 23.9. The summed E-state index contributed by atoms with van der Waals surface area (Å²) in [6, 6.07) is 0. The molecule has 0 aliphatic heterocycles. The summed E-state index contributed by atoms with van der Waals surface area (Å²) in [6.07, 6.45) is 0. The van der Waals surface area contributed by atoms with Crippen LogP contribution >= 0.6 is 49.7 Å². The van der Waals surface area contributed by atoms with Crippen molar-refractivity contribution in [3.8, 4) is 0 Å². The van der Waals surface area contributed by atoms with Crippen molar-refractivity contribution in [1.29, 1.82) is 0 Å². The first-order valence-corrected chi connectivity index (χ1v) is 5.25. The summed E-state index contributed by atoms with van der Waals surface area (Å²) in [4.78, 5) is 8.00. The minimum atomic E-state index is 0. The Kier molecular flexibility index (Phi) is 58.1. The van der Waals surface area contributed by atoms with Gasteiger partial charge in [0.1, 0.15) is 6.79 Å². The SMILES string of the molecule is C=O.CCOC(=S)S.CCOC(=S)S.[PbH2].[PbH2]. The molecule has 0 N–H and O–H groups in total. The van der Waals surface area contributed by atoms with Crippen molar-refractivity contribution in [2.75, 3.05) is 13.2 Å². The van der Waals surface area contributed by atoms with Crippen molar-refractivity contribution in [1.82, 2.24) is 0 Å². The molecular weight excluding hydrogens is 675 g/mol. The molecule has 0 aromatic heterocycles. The van der Waals surface area contributed by atoms with Crippen LogP contribution in [0, 0.1) is 0 Å². The third-order valence-corrected chi connectivity index (χ3v) is 1.03. The van der Waals surface area contributed by atoms with Crippen LogP contribution in [-0.4, -0.2) is 83.4 Å². The summed E-state index contributed by atoms with van der Waals surface area (Å²) >= 11 is 16.2. The maximum atomic E-state index is 8.00. The second kappa shape index (κ2) is 30.2. The first kappa shape index (κ1) is 30.8. The van der Waals surface area contributed by atoms with E-state index in [4.69, 9.17) is 4.79 Å². The molecule has 4 radical (unpaired) electrons. The average molecular weight is 693 g/mol. The van der Waals surface area contributed by atoms with Crippen LogP contribution < -0.4 is 0 Å². The Bertz CT molecular complexity index is 145. The van der Waals surface area contributed by atoms with E-state index in [0.717, 1.165) is 0 Å². The normalized spacial score (nSPS) is 6.00. The standard InChI is InChI=1S/2C3H6OS2.CH2O.2Pb.4H/c2*1-2-4-3(5)6;1-2;;;;;;/h2*2H2,1H3,(H,5,6);1H2;;;;;;. The third-order valence-electron chi connectivity index (χ3n) is 0.536. The molecule has 0 aromatic rings. The molecule has 0 rings (SSSR count). The van der Waals surface area contributed by atoms with Crippen LogP contribution in [0.5, 0.6) is 0 Å². The molecule has 0 fully saturated rings. The molecule has 0 saturated heterocycles. The Morgan fingerprint density at radius 3 is 1.19 bits per heavy atom. The maximum absolute atomic E-state index is 8.00. The minimum absolute atomic E-state index is 0. The van der Waals surface area contributed by atoms with Crippen LogP contribution in [0.2, 0.25) is 0 Å². The average Bonchev–Trinajstić information content (AvgIpc) is 2.08. The first-order chi connectivity index (χ1) is 6.54. The Hall–Kier alpha value is 1.99. The summed E-state index contributed by atoms with van der Waals surface area (Å²) < 4.78 is 9.91. The fourth-order valence-electron chi connectivity index (χ4n) is 0.247. The number of carbonyl (C=O) groups is 1. The third kappa shape index (κ3) is 56.3. The van der Waals surface area contributed by atoms with Crippen molar-refractivity contribution in [3.63, 3.8) is 0 Å². The van der Waals surface area contributed by atoms with Gasteiger partial charge in [0.2, 0.25) is 8.77 Å². The van der Waals surface area contributed by atoms with Gasteiger partial charge >= 0.3 is 54.6 Å². The van der Waals surface area contributed by atoms with Gasteiger partial charge in [0.05, 0.1) is 13.2 Å². The molecule has 0 atom stereocenters. The second-order valence-corrected chi connectivity index (χ2v) is 3.56. The molecule has 3 nitrogen and oxygen atoms in total. The molecule has 0 saturated carbocycles. The molecule has 9 heteroatoms. The van der Waals surface area contributed by atoms with Crippen LogP contribution in [-0.2, 0) is 14.3 Å². The molecule has 0 spiro atoms. The van der Waals surface area contributed by atoms with Gasteiger partial charge in [-0.2, -0.15) is 0 Å². The number of carbonyl (C=O) groups excluding carboxylic acids is 1. The zero-order valence-electron chi connectivity index (χ0n) is 9.47. The van der Waals surface area contributed by atoms with E-state index in [9.17, 15) is 0 Å². The summed E-state index contributed by atoms with van der Waals surface area (Å²) in [5, 5.41) is 0. The van der Waals surface area contributed by atoms with Crippen molar-refractivity contribution in [2.24, 2.45) is 0 Å². The predicted octanol–water partition coefficient (Wildman–Crippen LogP) is 0.458. The van der Waals surface area contributed by atoms with Crippen molar-refractivity contribution in [2.45, 2.75) is 13.8 Å².